The molecular weight excluding hydrogens is 262 g/mol. The van der Waals surface area contributed by atoms with Gasteiger partial charge in [-0.1, -0.05) is 13.0 Å². The van der Waals surface area contributed by atoms with E-state index in [1.165, 1.54) is 0 Å². The molecular formula is C13H21N3O2S. The summed E-state index contributed by atoms with van der Waals surface area (Å²) in [5, 5.41) is 3.28. The number of nitrogens with zero attached hydrogens (tertiary/aromatic N) is 2. The zero-order valence-corrected chi connectivity index (χ0v) is 12.3. The minimum atomic E-state index is -2.86. The first kappa shape index (κ1) is 14.3. The lowest BCUT2D eigenvalue weighted by atomic mass is 10.2. The van der Waals surface area contributed by atoms with Crippen molar-refractivity contribution in [3.63, 3.8) is 0 Å². The SMILES string of the molecule is CCNCc1cccnc1N(C)C1CCS(=O)(=O)C1. The number of hydrogen-bond donors (Lipinski definition) is 1. The molecule has 0 saturated carbocycles. The molecule has 1 aliphatic rings. The number of aromatic nitrogens is 1. The van der Waals surface area contributed by atoms with E-state index in [9.17, 15) is 8.42 Å². The fourth-order valence-corrected chi connectivity index (χ4v) is 4.17. The molecule has 19 heavy (non-hydrogen) atoms. The lowest BCUT2D eigenvalue weighted by Gasteiger charge is -2.26. The Kier molecular flexibility index (Phi) is 4.42. The van der Waals surface area contributed by atoms with Gasteiger partial charge in [0, 0.05) is 31.4 Å². The Balaban J connectivity index is 2.17. The normalized spacial score (nSPS) is 21.5. The lowest BCUT2D eigenvalue weighted by Crippen LogP contribution is -2.34. The molecule has 1 fully saturated rings. The second kappa shape index (κ2) is 5.88. The molecule has 1 atom stereocenters. The highest BCUT2D eigenvalue weighted by molar-refractivity contribution is 7.91. The molecule has 0 radical (unpaired) electrons. The van der Waals surface area contributed by atoms with Crippen molar-refractivity contribution in [3.8, 4) is 0 Å². The summed E-state index contributed by atoms with van der Waals surface area (Å²) in [6.07, 6.45) is 2.45. The van der Waals surface area contributed by atoms with Crippen molar-refractivity contribution in [2.24, 2.45) is 0 Å². The lowest BCUT2D eigenvalue weighted by molar-refractivity contribution is 0.600. The van der Waals surface area contributed by atoms with Gasteiger partial charge in [0.15, 0.2) is 9.84 Å². The van der Waals surface area contributed by atoms with Crippen molar-refractivity contribution in [1.29, 1.82) is 0 Å². The van der Waals surface area contributed by atoms with Gasteiger partial charge in [0.25, 0.3) is 0 Å². The van der Waals surface area contributed by atoms with Crippen LogP contribution in [0.25, 0.3) is 0 Å². The molecule has 1 aromatic heterocycles. The summed E-state index contributed by atoms with van der Waals surface area (Å²) in [6, 6.07) is 3.99. The Morgan fingerprint density at radius 3 is 2.95 bits per heavy atom. The molecule has 106 valence electrons. The average Bonchev–Trinajstić information content (AvgIpc) is 2.76. The van der Waals surface area contributed by atoms with Crippen LogP contribution in [0, 0.1) is 0 Å². The third kappa shape index (κ3) is 3.45. The van der Waals surface area contributed by atoms with Gasteiger partial charge in [-0.3, -0.25) is 0 Å². The van der Waals surface area contributed by atoms with Crippen LogP contribution in [0.1, 0.15) is 18.9 Å². The van der Waals surface area contributed by atoms with E-state index in [-0.39, 0.29) is 17.5 Å². The third-order valence-electron chi connectivity index (χ3n) is 3.52. The molecule has 1 aliphatic heterocycles. The molecule has 1 saturated heterocycles. The molecule has 2 heterocycles. The summed E-state index contributed by atoms with van der Waals surface area (Å²) in [5.74, 6) is 1.41. The van der Waals surface area contributed by atoms with Crippen LogP contribution >= 0.6 is 0 Å². The zero-order chi connectivity index (χ0) is 13.9. The number of hydrogen-bond acceptors (Lipinski definition) is 5. The van der Waals surface area contributed by atoms with E-state index in [0.29, 0.717) is 6.42 Å². The molecule has 0 amide bonds. The molecule has 0 aliphatic carbocycles. The fourth-order valence-electron chi connectivity index (χ4n) is 2.40. The predicted octanol–water partition coefficient (Wildman–Crippen LogP) is 0.814. The van der Waals surface area contributed by atoms with E-state index < -0.39 is 9.84 Å². The summed E-state index contributed by atoms with van der Waals surface area (Å²) in [6.45, 7) is 3.71. The molecule has 1 aromatic rings. The van der Waals surface area contributed by atoms with Crippen molar-refractivity contribution in [1.82, 2.24) is 10.3 Å². The minimum absolute atomic E-state index is 0.0419. The Morgan fingerprint density at radius 1 is 1.53 bits per heavy atom. The molecule has 6 heteroatoms. The van der Waals surface area contributed by atoms with E-state index in [1.54, 1.807) is 6.20 Å². The van der Waals surface area contributed by atoms with Crippen LogP contribution < -0.4 is 10.2 Å². The van der Waals surface area contributed by atoms with Crippen molar-refractivity contribution < 1.29 is 8.42 Å². The number of anilines is 1. The molecule has 5 nitrogen and oxygen atoms in total. The van der Waals surface area contributed by atoms with Crippen LogP contribution in [0.3, 0.4) is 0 Å². The second-order valence-corrected chi connectivity index (χ2v) is 7.16. The average molecular weight is 283 g/mol. The standard InChI is InChI=1S/C13H21N3O2S/c1-3-14-9-11-5-4-7-15-13(11)16(2)12-6-8-19(17,18)10-12/h4-5,7,12,14H,3,6,8-10H2,1-2H3. The Labute approximate surface area is 114 Å². The Morgan fingerprint density at radius 2 is 2.32 bits per heavy atom. The van der Waals surface area contributed by atoms with Gasteiger partial charge < -0.3 is 10.2 Å². The minimum Gasteiger partial charge on any atom is -0.355 e. The second-order valence-electron chi connectivity index (χ2n) is 4.93. The third-order valence-corrected chi connectivity index (χ3v) is 5.27. The first-order chi connectivity index (χ1) is 9.03. The number of rotatable bonds is 5. The maximum atomic E-state index is 11.6. The highest BCUT2D eigenvalue weighted by Gasteiger charge is 2.31. The maximum Gasteiger partial charge on any atom is 0.152 e. The van der Waals surface area contributed by atoms with Crippen LogP contribution in [0.15, 0.2) is 18.3 Å². The Hall–Kier alpha value is -1.14. The first-order valence-electron chi connectivity index (χ1n) is 6.61. The highest BCUT2D eigenvalue weighted by atomic mass is 32.2. The van der Waals surface area contributed by atoms with Gasteiger partial charge in [-0.05, 0) is 19.0 Å². The van der Waals surface area contributed by atoms with Gasteiger partial charge in [0.05, 0.1) is 11.5 Å². The van der Waals surface area contributed by atoms with Crippen molar-refractivity contribution in [3.05, 3.63) is 23.9 Å². The summed E-state index contributed by atoms with van der Waals surface area (Å²) >= 11 is 0. The van der Waals surface area contributed by atoms with Crippen LogP contribution in [0.2, 0.25) is 0 Å². The molecule has 2 rings (SSSR count). The molecule has 0 spiro atoms. The quantitative estimate of drug-likeness (QED) is 0.866. The van der Waals surface area contributed by atoms with Gasteiger partial charge in [-0.15, -0.1) is 0 Å². The number of sulfone groups is 1. The van der Waals surface area contributed by atoms with E-state index >= 15 is 0 Å². The zero-order valence-electron chi connectivity index (χ0n) is 11.5. The van der Waals surface area contributed by atoms with Crippen molar-refractivity contribution in [2.45, 2.75) is 25.9 Å². The largest absolute Gasteiger partial charge is 0.355 e. The fraction of sp³-hybridized carbons (Fsp3) is 0.615. The summed E-state index contributed by atoms with van der Waals surface area (Å²) < 4.78 is 23.1. The van der Waals surface area contributed by atoms with E-state index in [1.807, 2.05) is 24.1 Å². The Bertz CT molecular complexity index is 530. The van der Waals surface area contributed by atoms with Gasteiger partial charge >= 0.3 is 0 Å². The summed E-state index contributed by atoms with van der Waals surface area (Å²) in [5.41, 5.74) is 1.11. The highest BCUT2D eigenvalue weighted by Crippen LogP contribution is 2.24. The smallest absolute Gasteiger partial charge is 0.152 e. The van der Waals surface area contributed by atoms with Gasteiger partial charge in [-0.25, -0.2) is 13.4 Å². The van der Waals surface area contributed by atoms with Gasteiger partial charge in [-0.2, -0.15) is 0 Å². The van der Waals surface area contributed by atoms with Crippen LogP contribution in [0.4, 0.5) is 5.82 Å². The molecule has 0 bridgehead atoms. The molecule has 1 N–H and O–H groups in total. The maximum absolute atomic E-state index is 11.6. The van der Waals surface area contributed by atoms with Crippen LogP contribution in [-0.2, 0) is 16.4 Å². The van der Waals surface area contributed by atoms with Crippen molar-refractivity contribution in [2.75, 3.05) is 30.0 Å². The predicted molar refractivity (Wildman–Crippen MR) is 77.1 cm³/mol. The van der Waals surface area contributed by atoms with E-state index in [0.717, 1.165) is 24.5 Å². The summed E-state index contributed by atoms with van der Waals surface area (Å²) in [7, 11) is -0.930. The monoisotopic (exact) mass is 283 g/mol. The van der Waals surface area contributed by atoms with Gasteiger partial charge in [0.1, 0.15) is 5.82 Å². The van der Waals surface area contributed by atoms with Crippen molar-refractivity contribution >= 4 is 15.7 Å². The van der Waals surface area contributed by atoms with Crippen LogP contribution in [-0.4, -0.2) is 44.5 Å². The number of pyridine rings is 1. The molecule has 1 unspecified atom stereocenters. The van der Waals surface area contributed by atoms with E-state index in [4.69, 9.17) is 0 Å². The summed E-state index contributed by atoms with van der Waals surface area (Å²) in [4.78, 5) is 6.43. The number of nitrogens with one attached hydrogen (secondary N) is 1. The van der Waals surface area contributed by atoms with Crippen LogP contribution in [0.5, 0.6) is 0 Å². The topological polar surface area (TPSA) is 62.3 Å². The van der Waals surface area contributed by atoms with Gasteiger partial charge in [0.2, 0.25) is 0 Å². The van der Waals surface area contributed by atoms with E-state index in [2.05, 4.69) is 17.2 Å². The molecule has 0 aromatic carbocycles. The first-order valence-corrected chi connectivity index (χ1v) is 8.43.